The van der Waals surface area contributed by atoms with Gasteiger partial charge in [-0.15, -0.1) is 0 Å². The molecule has 160 valence electrons. The van der Waals surface area contributed by atoms with Crippen LogP contribution >= 0.6 is 12.2 Å². The van der Waals surface area contributed by atoms with Crippen LogP contribution < -0.4 is 5.32 Å². The molecule has 3 heterocycles. The largest absolute Gasteiger partial charge is 0.379 e. The van der Waals surface area contributed by atoms with E-state index in [1.54, 1.807) is 0 Å². The average molecular weight is 435 g/mol. The third-order valence-corrected chi connectivity index (χ3v) is 6.17. The van der Waals surface area contributed by atoms with Gasteiger partial charge >= 0.3 is 0 Å². The summed E-state index contributed by atoms with van der Waals surface area (Å²) in [7, 11) is 0. The second-order valence-corrected chi connectivity index (χ2v) is 8.19. The number of morpholine rings is 1. The van der Waals surface area contributed by atoms with Gasteiger partial charge in [0, 0.05) is 44.3 Å². The summed E-state index contributed by atoms with van der Waals surface area (Å²) in [5.41, 5.74) is 5.58. The number of benzene rings is 2. The van der Waals surface area contributed by atoms with Crippen LogP contribution in [0.25, 0.3) is 21.9 Å². The summed E-state index contributed by atoms with van der Waals surface area (Å²) in [5.74, 6) is 0.630. The van der Waals surface area contributed by atoms with Crippen molar-refractivity contribution in [2.24, 2.45) is 0 Å². The second kappa shape index (κ2) is 8.74. The van der Waals surface area contributed by atoms with Crippen LogP contribution in [0.1, 0.15) is 18.1 Å². The Morgan fingerprint density at radius 2 is 1.97 bits per heavy atom. The summed E-state index contributed by atoms with van der Waals surface area (Å²) in [5, 5.41) is 4.40. The number of nitrogens with zero attached hydrogens (tertiary/aromatic N) is 4. The number of ether oxygens (including phenoxy) is 1. The van der Waals surface area contributed by atoms with Crippen molar-refractivity contribution in [3.8, 4) is 0 Å². The molecule has 31 heavy (non-hydrogen) atoms. The minimum atomic E-state index is 0.630. The fourth-order valence-electron chi connectivity index (χ4n) is 4.14. The van der Waals surface area contributed by atoms with Gasteiger partial charge in [0.25, 0.3) is 0 Å². The molecule has 2 N–H and O–H groups in total. The topological polar surface area (TPSA) is 71.0 Å². The van der Waals surface area contributed by atoms with E-state index in [0.29, 0.717) is 12.5 Å². The highest BCUT2D eigenvalue weighted by Gasteiger charge is 2.13. The SMILES string of the molecule is CCn1c(=S)[nH]c2cc3cnc(NCc4ccccc4CN4CCOCC4)nc3cc21. The normalized spacial score (nSPS) is 15.0. The van der Waals surface area contributed by atoms with Gasteiger partial charge in [-0.05, 0) is 42.4 Å². The molecule has 1 aliphatic rings. The fraction of sp³-hybridized carbons (Fsp3) is 0.348. The third kappa shape index (κ3) is 4.19. The number of aromatic amines is 1. The number of hydrogen-bond acceptors (Lipinski definition) is 6. The molecule has 0 bridgehead atoms. The first-order valence-corrected chi connectivity index (χ1v) is 11.1. The van der Waals surface area contributed by atoms with E-state index in [2.05, 4.69) is 68.1 Å². The number of H-pyrrole nitrogens is 1. The van der Waals surface area contributed by atoms with Gasteiger partial charge in [-0.25, -0.2) is 9.97 Å². The zero-order chi connectivity index (χ0) is 21.2. The molecular weight excluding hydrogens is 408 g/mol. The van der Waals surface area contributed by atoms with E-state index >= 15 is 0 Å². The van der Waals surface area contributed by atoms with Crippen LogP contribution in [-0.4, -0.2) is 50.7 Å². The van der Waals surface area contributed by atoms with Crippen LogP contribution in [0.15, 0.2) is 42.6 Å². The van der Waals surface area contributed by atoms with Crippen molar-refractivity contribution in [3.05, 3.63) is 58.5 Å². The fourth-order valence-corrected chi connectivity index (χ4v) is 4.48. The van der Waals surface area contributed by atoms with Crippen LogP contribution in [0, 0.1) is 4.77 Å². The molecule has 0 spiro atoms. The van der Waals surface area contributed by atoms with Gasteiger partial charge < -0.3 is 19.6 Å². The predicted octanol–water partition coefficient (Wildman–Crippen LogP) is 4.11. The van der Waals surface area contributed by atoms with E-state index in [9.17, 15) is 0 Å². The number of aromatic nitrogens is 4. The van der Waals surface area contributed by atoms with Gasteiger partial charge in [-0.3, -0.25) is 4.90 Å². The molecule has 4 aromatic rings. The van der Waals surface area contributed by atoms with E-state index in [-0.39, 0.29) is 0 Å². The summed E-state index contributed by atoms with van der Waals surface area (Å²) >= 11 is 5.43. The van der Waals surface area contributed by atoms with E-state index in [1.165, 1.54) is 11.1 Å². The first-order valence-electron chi connectivity index (χ1n) is 10.7. The maximum absolute atomic E-state index is 5.47. The van der Waals surface area contributed by atoms with Crippen molar-refractivity contribution in [1.29, 1.82) is 0 Å². The van der Waals surface area contributed by atoms with E-state index in [0.717, 1.165) is 66.1 Å². The van der Waals surface area contributed by atoms with Crippen molar-refractivity contribution >= 4 is 40.1 Å². The zero-order valence-electron chi connectivity index (χ0n) is 17.6. The number of imidazole rings is 1. The van der Waals surface area contributed by atoms with Crippen molar-refractivity contribution in [1.82, 2.24) is 24.4 Å². The monoisotopic (exact) mass is 434 g/mol. The van der Waals surface area contributed by atoms with Crippen LogP contribution in [0.2, 0.25) is 0 Å². The molecule has 8 heteroatoms. The molecule has 2 aromatic carbocycles. The Labute approximate surface area is 186 Å². The highest BCUT2D eigenvalue weighted by Crippen LogP contribution is 2.22. The number of hydrogen-bond donors (Lipinski definition) is 2. The molecule has 0 amide bonds. The van der Waals surface area contributed by atoms with E-state index in [4.69, 9.17) is 21.9 Å². The highest BCUT2D eigenvalue weighted by molar-refractivity contribution is 7.71. The molecule has 5 rings (SSSR count). The third-order valence-electron chi connectivity index (χ3n) is 5.84. The van der Waals surface area contributed by atoms with Crippen LogP contribution in [-0.2, 0) is 24.4 Å². The van der Waals surface area contributed by atoms with Crippen LogP contribution in [0.5, 0.6) is 0 Å². The molecule has 1 aliphatic heterocycles. The molecule has 0 radical (unpaired) electrons. The van der Waals surface area contributed by atoms with Gasteiger partial charge in [0.1, 0.15) is 0 Å². The van der Waals surface area contributed by atoms with Crippen molar-refractivity contribution in [2.75, 3.05) is 31.6 Å². The first-order chi connectivity index (χ1) is 15.2. The second-order valence-electron chi connectivity index (χ2n) is 7.81. The maximum Gasteiger partial charge on any atom is 0.223 e. The molecule has 0 atom stereocenters. The van der Waals surface area contributed by atoms with Crippen molar-refractivity contribution in [2.45, 2.75) is 26.6 Å². The van der Waals surface area contributed by atoms with Gasteiger partial charge in [0.2, 0.25) is 5.95 Å². The lowest BCUT2D eigenvalue weighted by Crippen LogP contribution is -2.35. The van der Waals surface area contributed by atoms with Crippen molar-refractivity contribution in [3.63, 3.8) is 0 Å². The van der Waals surface area contributed by atoms with Crippen LogP contribution in [0.3, 0.4) is 0 Å². The molecule has 1 saturated heterocycles. The predicted molar refractivity (Wildman–Crippen MR) is 126 cm³/mol. The van der Waals surface area contributed by atoms with Crippen molar-refractivity contribution < 1.29 is 4.74 Å². The van der Waals surface area contributed by atoms with Gasteiger partial charge in [0.15, 0.2) is 4.77 Å². The Morgan fingerprint density at radius 1 is 1.16 bits per heavy atom. The van der Waals surface area contributed by atoms with E-state index < -0.39 is 0 Å². The van der Waals surface area contributed by atoms with Gasteiger partial charge in [0.05, 0.1) is 29.8 Å². The lowest BCUT2D eigenvalue weighted by atomic mass is 10.1. The quantitative estimate of drug-likeness (QED) is 0.445. The lowest BCUT2D eigenvalue weighted by Gasteiger charge is -2.27. The number of aryl methyl sites for hydroxylation is 1. The summed E-state index contributed by atoms with van der Waals surface area (Å²) < 4.78 is 8.29. The minimum Gasteiger partial charge on any atom is -0.379 e. The van der Waals surface area contributed by atoms with Gasteiger partial charge in [-0.1, -0.05) is 24.3 Å². The number of anilines is 1. The smallest absolute Gasteiger partial charge is 0.223 e. The van der Waals surface area contributed by atoms with E-state index in [1.807, 2.05) is 6.20 Å². The molecule has 0 aliphatic carbocycles. The number of nitrogens with one attached hydrogen (secondary N) is 2. The highest BCUT2D eigenvalue weighted by atomic mass is 32.1. The number of fused-ring (bicyclic) bond motifs is 2. The summed E-state index contributed by atoms with van der Waals surface area (Å²) in [6, 6.07) is 12.7. The summed E-state index contributed by atoms with van der Waals surface area (Å²) in [4.78, 5) is 15.0. The Morgan fingerprint density at radius 3 is 2.77 bits per heavy atom. The molecule has 0 unspecified atom stereocenters. The standard InChI is InChI=1S/C23H26N6OS/c1-2-29-21-12-19-18(11-20(21)27-23(29)31)14-25-22(26-19)24-13-16-5-3-4-6-17(16)15-28-7-9-30-10-8-28/h3-6,11-12,14H,2,7-10,13,15H2,1H3,(H,27,31)(H,24,25,26). The molecular formula is C23H26N6OS. The summed E-state index contributed by atoms with van der Waals surface area (Å²) in [6.07, 6.45) is 1.86. The molecule has 7 nitrogen and oxygen atoms in total. The van der Waals surface area contributed by atoms with Gasteiger partial charge in [-0.2, -0.15) is 0 Å². The molecule has 0 saturated carbocycles. The zero-order valence-corrected chi connectivity index (χ0v) is 18.4. The maximum atomic E-state index is 5.47. The Bertz CT molecular complexity index is 1270. The minimum absolute atomic E-state index is 0.630. The first kappa shape index (κ1) is 20.1. The summed E-state index contributed by atoms with van der Waals surface area (Å²) in [6.45, 7) is 8.11. The average Bonchev–Trinajstić information content (AvgIpc) is 3.11. The lowest BCUT2D eigenvalue weighted by molar-refractivity contribution is 0.0341. The Hall–Kier alpha value is -2.81. The molecule has 2 aromatic heterocycles. The Kier molecular flexibility index (Phi) is 5.67. The Balaban J connectivity index is 1.37. The van der Waals surface area contributed by atoms with Crippen LogP contribution in [0.4, 0.5) is 5.95 Å². The number of rotatable bonds is 6. The molecule has 1 fully saturated rings.